The Morgan fingerprint density at radius 1 is 1.20 bits per heavy atom. The van der Waals surface area contributed by atoms with Gasteiger partial charge in [0.1, 0.15) is 0 Å². The van der Waals surface area contributed by atoms with Crippen LogP contribution in [0, 0.1) is 0 Å². The Morgan fingerprint density at radius 2 is 2.07 bits per heavy atom. The summed E-state index contributed by atoms with van der Waals surface area (Å²) in [5, 5.41) is 14.9. The minimum absolute atomic E-state index is 0.101. The second-order valence-electron chi connectivity index (χ2n) is 6.22. The molecule has 1 aliphatic heterocycles. The van der Waals surface area contributed by atoms with Crippen molar-refractivity contribution in [3.63, 3.8) is 0 Å². The lowest BCUT2D eigenvalue weighted by Gasteiger charge is -2.07. The normalized spacial score (nSPS) is 11.9. The molecule has 0 atom stereocenters. The van der Waals surface area contributed by atoms with E-state index >= 15 is 0 Å². The van der Waals surface area contributed by atoms with Gasteiger partial charge in [0.25, 0.3) is 0 Å². The summed E-state index contributed by atoms with van der Waals surface area (Å²) in [6.07, 6.45) is 0. The highest BCUT2D eigenvalue weighted by molar-refractivity contribution is 7.99. The van der Waals surface area contributed by atoms with Crippen molar-refractivity contribution >= 4 is 29.3 Å². The van der Waals surface area contributed by atoms with Crippen LogP contribution < -0.4 is 14.8 Å². The van der Waals surface area contributed by atoms with Gasteiger partial charge in [0.15, 0.2) is 11.5 Å². The smallest absolute Gasteiger partial charge is 0.337 e. The summed E-state index contributed by atoms with van der Waals surface area (Å²) in [7, 11) is 1.30. The Morgan fingerprint density at radius 3 is 2.93 bits per heavy atom. The van der Waals surface area contributed by atoms with Crippen molar-refractivity contribution in [2.45, 2.75) is 11.7 Å². The molecule has 1 N–H and O–H groups in total. The number of thioether (sulfide) groups is 1. The molecule has 11 heteroatoms. The molecule has 0 aliphatic carbocycles. The molecule has 2 aromatic carbocycles. The third-order valence-electron chi connectivity index (χ3n) is 4.17. The fourth-order valence-electron chi connectivity index (χ4n) is 2.78. The van der Waals surface area contributed by atoms with Crippen LogP contribution in [0.4, 0.5) is 5.69 Å². The predicted molar refractivity (Wildman–Crippen MR) is 107 cm³/mol. The Balaban J connectivity index is 1.35. The Labute approximate surface area is 175 Å². The monoisotopic (exact) mass is 427 g/mol. The molecule has 0 spiro atoms. The number of tetrazole rings is 1. The zero-order chi connectivity index (χ0) is 20.9. The van der Waals surface area contributed by atoms with Crippen molar-refractivity contribution in [3.05, 3.63) is 53.6 Å². The van der Waals surface area contributed by atoms with Crippen molar-refractivity contribution < 1.29 is 23.8 Å². The lowest BCUT2D eigenvalue weighted by molar-refractivity contribution is -0.113. The van der Waals surface area contributed by atoms with E-state index in [4.69, 9.17) is 9.47 Å². The largest absolute Gasteiger partial charge is 0.465 e. The van der Waals surface area contributed by atoms with Gasteiger partial charge >= 0.3 is 5.97 Å². The molecule has 30 heavy (non-hydrogen) atoms. The number of carbonyl (C=O) groups is 2. The topological polar surface area (TPSA) is 117 Å². The number of ether oxygens (including phenoxy) is 3. The molecule has 0 bridgehead atoms. The average Bonchev–Trinajstić information content (AvgIpc) is 3.40. The standard InChI is InChI=1S/C19H17N5O5S/c1-27-18(26)13-3-2-4-14(8-13)20-17(25)10-30-19-21-22-23-24(19)9-12-5-6-15-16(7-12)29-11-28-15/h2-8H,9-11H2,1H3,(H,20,25). The number of nitrogens with zero attached hydrogens (tertiary/aromatic N) is 4. The maximum atomic E-state index is 12.3. The number of nitrogens with one attached hydrogen (secondary N) is 1. The molecule has 4 rings (SSSR count). The molecule has 3 aromatic rings. The van der Waals surface area contributed by atoms with Gasteiger partial charge in [-0.25, -0.2) is 9.48 Å². The number of hydrogen-bond donors (Lipinski definition) is 1. The summed E-state index contributed by atoms with van der Waals surface area (Å²) in [5.74, 6) is 0.772. The fourth-order valence-corrected chi connectivity index (χ4v) is 3.46. The van der Waals surface area contributed by atoms with Crippen LogP contribution in [-0.2, 0) is 16.1 Å². The van der Waals surface area contributed by atoms with Gasteiger partial charge in [0.2, 0.25) is 17.9 Å². The molecule has 0 saturated heterocycles. The van der Waals surface area contributed by atoms with E-state index in [2.05, 4.69) is 25.6 Å². The van der Waals surface area contributed by atoms with Crippen LogP contribution in [0.5, 0.6) is 11.5 Å². The summed E-state index contributed by atoms with van der Waals surface area (Å²) < 4.78 is 17.0. The molecule has 0 saturated carbocycles. The first kappa shape index (κ1) is 19.7. The number of esters is 1. The molecule has 1 amide bonds. The summed E-state index contributed by atoms with van der Waals surface area (Å²) in [6, 6.07) is 12.1. The summed E-state index contributed by atoms with van der Waals surface area (Å²) in [6.45, 7) is 0.636. The minimum Gasteiger partial charge on any atom is -0.465 e. The van der Waals surface area contributed by atoms with Crippen molar-refractivity contribution in [1.82, 2.24) is 20.2 Å². The van der Waals surface area contributed by atoms with E-state index in [0.29, 0.717) is 34.5 Å². The van der Waals surface area contributed by atoms with Crippen LogP contribution in [0.2, 0.25) is 0 Å². The molecule has 0 fully saturated rings. The van der Waals surface area contributed by atoms with Crippen LogP contribution in [0.3, 0.4) is 0 Å². The lowest BCUT2D eigenvalue weighted by Crippen LogP contribution is -2.15. The fraction of sp³-hybridized carbons (Fsp3) is 0.211. The third kappa shape index (κ3) is 4.51. The van der Waals surface area contributed by atoms with E-state index in [1.807, 2.05) is 18.2 Å². The maximum absolute atomic E-state index is 12.3. The number of aromatic nitrogens is 4. The minimum atomic E-state index is -0.469. The summed E-state index contributed by atoms with van der Waals surface area (Å²) >= 11 is 1.21. The van der Waals surface area contributed by atoms with Gasteiger partial charge < -0.3 is 19.5 Å². The Hall–Kier alpha value is -3.60. The van der Waals surface area contributed by atoms with E-state index in [0.717, 1.165) is 5.56 Å². The van der Waals surface area contributed by atoms with E-state index in [9.17, 15) is 9.59 Å². The van der Waals surface area contributed by atoms with Gasteiger partial charge in [0, 0.05) is 5.69 Å². The van der Waals surface area contributed by atoms with Crippen LogP contribution in [-0.4, -0.2) is 51.7 Å². The molecule has 1 aromatic heterocycles. The molecule has 0 radical (unpaired) electrons. The van der Waals surface area contributed by atoms with Gasteiger partial charge in [-0.05, 0) is 46.3 Å². The molecule has 10 nitrogen and oxygen atoms in total. The van der Waals surface area contributed by atoms with Crippen molar-refractivity contribution in [2.75, 3.05) is 25.0 Å². The number of amides is 1. The summed E-state index contributed by atoms with van der Waals surface area (Å²) in [4.78, 5) is 23.9. The Kier molecular flexibility index (Phi) is 5.80. The first-order chi connectivity index (χ1) is 14.6. The SMILES string of the molecule is COC(=O)c1cccc(NC(=O)CSc2nnnn2Cc2ccc3c(c2)OCO3)c1. The molecular weight excluding hydrogens is 410 g/mol. The van der Waals surface area contributed by atoms with Crippen LogP contribution >= 0.6 is 11.8 Å². The number of fused-ring (bicyclic) bond motifs is 1. The van der Waals surface area contributed by atoms with E-state index in [1.165, 1.54) is 18.9 Å². The quantitative estimate of drug-likeness (QED) is 0.446. The number of methoxy groups -OCH3 is 1. The zero-order valence-electron chi connectivity index (χ0n) is 15.9. The zero-order valence-corrected chi connectivity index (χ0v) is 16.7. The van der Waals surface area contributed by atoms with Gasteiger partial charge in [-0.15, -0.1) is 5.10 Å². The second kappa shape index (κ2) is 8.82. The number of anilines is 1. The number of carbonyl (C=O) groups excluding carboxylic acids is 2. The van der Waals surface area contributed by atoms with E-state index in [-0.39, 0.29) is 18.5 Å². The average molecular weight is 427 g/mol. The van der Waals surface area contributed by atoms with Gasteiger partial charge in [-0.1, -0.05) is 23.9 Å². The second-order valence-corrected chi connectivity index (χ2v) is 7.16. The third-order valence-corrected chi connectivity index (χ3v) is 5.13. The van der Waals surface area contributed by atoms with Crippen molar-refractivity contribution in [2.24, 2.45) is 0 Å². The van der Waals surface area contributed by atoms with E-state index in [1.54, 1.807) is 28.9 Å². The molecule has 2 heterocycles. The van der Waals surface area contributed by atoms with Gasteiger partial charge in [-0.2, -0.15) is 0 Å². The Bertz CT molecular complexity index is 1090. The molecular formula is C19H17N5O5S. The first-order valence-corrected chi connectivity index (χ1v) is 9.86. The first-order valence-electron chi connectivity index (χ1n) is 8.88. The number of hydrogen-bond acceptors (Lipinski definition) is 9. The summed E-state index contributed by atoms with van der Waals surface area (Å²) in [5.41, 5.74) is 1.80. The van der Waals surface area contributed by atoms with Crippen molar-refractivity contribution in [1.29, 1.82) is 0 Å². The molecule has 154 valence electrons. The molecule has 0 unspecified atom stereocenters. The highest BCUT2D eigenvalue weighted by Gasteiger charge is 2.15. The van der Waals surface area contributed by atoms with Gasteiger partial charge in [0.05, 0.1) is 25.0 Å². The highest BCUT2D eigenvalue weighted by Crippen LogP contribution is 2.32. The lowest BCUT2D eigenvalue weighted by atomic mass is 10.2. The number of rotatable bonds is 7. The van der Waals surface area contributed by atoms with E-state index < -0.39 is 5.97 Å². The van der Waals surface area contributed by atoms with Gasteiger partial charge in [-0.3, -0.25) is 4.79 Å². The van der Waals surface area contributed by atoms with Crippen molar-refractivity contribution in [3.8, 4) is 11.5 Å². The highest BCUT2D eigenvalue weighted by atomic mass is 32.2. The maximum Gasteiger partial charge on any atom is 0.337 e. The van der Waals surface area contributed by atoms with Crippen LogP contribution in [0.15, 0.2) is 47.6 Å². The predicted octanol–water partition coefficient (Wildman–Crippen LogP) is 1.97. The number of benzene rings is 2. The van der Waals surface area contributed by atoms with Crippen LogP contribution in [0.25, 0.3) is 0 Å². The van der Waals surface area contributed by atoms with Crippen LogP contribution in [0.1, 0.15) is 15.9 Å². The molecule has 1 aliphatic rings.